The number of nitrogens with zero attached hydrogens (tertiary/aromatic N) is 1. The van der Waals surface area contributed by atoms with Gasteiger partial charge >= 0.3 is 0 Å². The van der Waals surface area contributed by atoms with E-state index in [1.165, 1.54) is 16.3 Å². The Labute approximate surface area is 170 Å². The molecule has 2 amide bonds. The van der Waals surface area contributed by atoms with Crippen molar-refractivity contribution in [1.29, 1.82) is 0 Å². The number of carbonyl (C=O) groups excluding carboxylic acids is 2. The summed E-state index contributed by atoms with van der Waals surface area (Å²) in [6, 6.07) is 18.4. The standard InChI is InChI=1S/C24H26N2O3/c1-26(17-21-7-4-14-29-21)23(28)11-13-24(12-10-22(27)25-24)16-18-8-9-19-5-2-3-6-20(19)15-18/h2-9,14-15H,10-13,16-17H2,1H3,(H,25,27)/t24-/m0/s1. The van der Waals surface area contributed by atoms with E-state index < -0.39 is 0 Å². The molecule has 0 aliphatic carbocycles. The number of furan rings is 1. The maximum Gasteiger partial charge on any atom is 0.222 e. The molecule has 3 aromatic rings. The third kappa shape index (κ3) is 4.50. The Morgan fingerprint density at radius 3 is 2.69 bits per heavy atom. The van der Waals surface area contributed by atoms with Gasteiger partial charge in [-0.1, -0.05) is 42.5 Å². The predicted octanol–water partition coefficient (Wildman–Crippen LogP) is 4.06. The first-order valence-corrected chi connectivity index (χ1v) is 10.1. The van der Waals surface area contributed by atoms with E-state index in [0.717, 1.165) is 18.6 Å². The monoisotopic (exact) mass is 390 g/mol. The zero-order valence-corrected chi connectivity index (χ0v) is 16.7. The molecule has 1 aliphatic heterocycles. The first-order chi connectivity index (χ1) is 14.0. The highest BCUT2D eigenvalue weighted by Gasteiger charge is 2.38. The third-order valence-corrected chi connectivity index (χ3v) is 5.81. The summed E-state index contributed by atoms with van der Waals surface area (Å²) >= 11 is 0. The molecule has 0 spiro atoms. The molecule has 5 nitrogen and oxygen atoms in total. The van der Waals surface area contributed by atoms with E-state index in [0.29, 0.717) is 25.8 Å². The molecule has 150 valence electrons. The summed E-state index contributed by atoms with van der Waals surface area (Å²) in [6.45, 7) is 0.454. The van der Waals surface area contributed by atoms with Gasteiger partial charge < -0.3 is 14.6 Å². The third-order valence-electron chi connectivity index (χ3n) is 5.81. The molecule has 1 N–H and O–H groups in total. The van der Waals surface area contributed by atoms with Gasteiger partial charge in [0, 0.05) is 25.4 Å². The van der Waals surface area contributed by atoms with Crippen molar-refractivity contribution in [2.45, 2.75) is 44.2 Å². The second kappa shape index (κ2) is 8.11. The van der Waals surface area contributed by atoms with E-state index in [4.69, 9.17) is 4.42 Å². The highest BCUT2D eigenvalue weighted by atomic mass is 16.3. The molecular formula is C24H26N2O3. The van der Waals surface area contributed by atoms with Gasteiger partial charge in [-0.3, -0.25) is 9.59 Å². The predicted molar refractivity (Wildman–Crippen MR) is 112 cm³/mol. The second-order valence-electron chi connectivity index (χ2n) is 8.02. The van der Waals surface area contributed by atoms with Crippen molar-refractivity contribution < 1.29 is 14.0 Å². The van der Waals surface area contributed by atoms with Crippen LogP contribution in [-0.2, 0) is 22.6 Å². The second-order valence-corrected chi connectivity index (χ2v) is 8.02. The summed E-state index contributed by atoms with van der Waals surface area (Å²) in [5.74, 6) is 0.892. The van der Waals surface area contributed by atoms with Gasteiger partial charge in [-0.15, -0.1) is 0 Å². The molecular weight excluding hydrogens is 364 g/mol. The first kappa shape index (κ1) is 19.2. The fourth-order valence-corrected chi connectivity index (χ4v) is 4.18. The van der Waals surface area contributed by atoms with Crippen molar-refractivity contribution in [3.8, 4) is 0 Å². The quantitative estimate of drug-likeness (QED) is 0.662. The highest BCUT2D eigenvalue weighted by Crippen LogP contribution is 2.31. The van der Waals surface area contributed by atoms with Crippen LogP contribution in [0.15, 0.2) is 65.3 Å². The lowest BCUT2D eigenvalue weighted by Gasteiger charge is -2.30. The van der Waals surface area contributed by atoms with Gasteiger partial charge in [0.05, 0.1) is 12.8 Å². The summed E-state index contributed by atoms with van der Waals surface area (Å²) in [6.07, 6.45) is 4.65. The molecule has 1 atom stereocenters. The zero-order chi connectivity index (χ0) is 20.3. The van der Waals surface area contributed by atoms with Gasteiger partial charge in [0.15, 0.2) is 0 Å². The summed E-state index contributed by atoms with van der Waals surface area (Å²) in [4.78, 5) is 26.4. The molecule has 1 aromatic heterocycles. The molecule has 29 heavy (non-hydrogen) atoms. The topological polar surface area (TPSA) is 62.6 Å². The fourth-order valence-electron chi connectivity index (χ4n) is 4.18. The van der Waals surface area contributed by atoms with Crippen LogP contribution in [0.3, 0.4) is 0 Å². The molecule has 0 bridgehead atoms. The van der Waals surface area contributed by atoms with Crippen LogP contribution in [0.25, 0.3) is 10.8 Å². The Kier molecular flexibility index (Phi) is 5.38. The number of amides is 2. The van der Waals surface area contributed by atoms with Gasteiger partial charge in [-0.25, -0.2) is 0 Å². The zero-order valence-electron chi connectivity index (χ0n) is 16.7. The van der Waals surface area contributed by atoms with E-state index in [-0.39, 0.29) is 17.4 Å². The van der Waals surface area contributed by atoms with Crippen molar-refractivity contribution in [2.75, 3.05) is 7.05 Å². The van der Waals surface area contributed by atoms with Crippen molar-refractivity contribution in [3.63, 3.8) is 0 Å². The van der Waals surface area contributed by atoms with Crippen LogP contribution < -0.4 is 5.32 Å². The normalized spacial score (nSPS) is 18.7. The molecule has 2 heterocycles. The average molecular weight is 390 g/mol. The van der Waals surface area contributed by atoms with Gasteiger partial charge in [-0.2, -0.15) is 0 Å². The summed E-state index contributed by atoms with van der Waals surface area (Å²) < 4.78 is 5.33. The van der Waals surface area contributed by atoms with Crippen LogP contribution in [0.4, 0.5) is 0 Å². The van der Waals surface area contributed by atoms with Crippen molar-refractivity contribution >= 4 is 22.6 Å². The molecule has 1 fully saturated rings. The minimum atomic E-state index is -0.360. The fraction of sp³-hybridized carbons (Fsp3) is 0.333. The van der Waals surface area contributed by atoms with Crippen molar-refractivity contribution in [2.24, 2.45) is 0 Å². The molecule has 1 saturated heterocycles. The largest absolute Gasteiger partial charge is 0.467 e. The number of rotatable bonds is 7. The van der Waals surface area contributed by atoms with Crippen LogP contribution >= 0.6 is 0 Å². The molecule has 0 saturated carbocycles. The van der Waals surface area contributed by atoms with Gasteiger partial charge in [0.25, 0.3) is 0 Å². The Hall–Kier alpha value is -3.08. The number of hydrogen-bond acceptors (Lipinski definition) is 3. The van der Waals surface area contributed by atoms with Crippen molar-refractivity contribution in [1.82, 2.24) is 10.2 Å². The Balaban J connectivity index is 1.45. The Bertz CT molecular complexity index is 1010. The first-order valence-electron chi connectivity index (χ1n) is 10.1. The number of nitrogens with one attached hydrogen (secondary N) is 1. The van der Waals surface area contributed by atoms with Gasteiger partial charge in [0.1, 0.15) is 5.76 Å². The number of hydrogen-bond donors (Lipinski definition) is 1. The molecule has 0 radical (unpaired) electrons. The van der Waals surface area contributed by atoms with Crippen LogP contribution in [-0.4, -0.2) is 29.3 Å². The molecule has 1 aliphatic rings. The molecule has 5 heteroatoms. The summed E-state index contributed by atoms with van der Waals surface area (Å²) in [7, 11) is 1.79. The molecule has 0 unspecified atom stereocenters. The average Bonchev–Trinajstić information content (AvgIpc) is 3.36. The van der Waals surface area contributed by atoms with E-state index in [1.807, 2.05) is 24.3 Å². The van der Waals surface area contributed by atoms with Crippen LogP contribution in [0.1, 0.15) is 37.0 Å². The molecule has 2 aromatic carbocycles. The van der Waals surface area contributed by atoms with E-state index in [2.05, 4.69) is 35.6 Å². The number of fused-ring (bicyclic) bond motifs is 1. The van der Waals surface area contributed by atoms with Crippen LogP contribution in [0, 0.1) is 0 Å². The minimum absolute atomic E-state index is 0.0560. The van der Waals surface area contributed by atoms with Gasteiger partial charge in [-0.05, 0) is 47.7 Å². The summed E-state index contributed by atoms with van der Waals surface area (Å²) in [5.41, 5.74) is 0.822. The molecule has 4 rings (SSSR count). The smallest absolute Gasteiger partial charge is 0.222 e. The van der Waals surface area contributed by atoms with E-state index in [9.17, 15) is 9.59 Å². The van der Waals surface area contributed by atoms with E-state index >= 15 is 0 Å². The Morgan fingerprint density at radius 2 is 1.97 bits per heavy atom. The lowest BCUT2D eigenvalue weighted by Crippen LogP contribution is -2.44. The maximum absolute atomic E-state index is 12.6. The van der Waals surface area contributed by atoms with Crippen LogP contribution in [0.2, 0.25) is 0 Å². The maximum atomic E-state index is 12.6. The number of carbonyl (C=O) groups is 2. The number of benzene rings is 2. The lowest BCUT2D eigenvalue weighted by atomic mass is 9.84. The van der Waals surface area contributed by atoms with E-state index in [1.54, 1.807) is 18.2 Å². The SMILES string of the molecule is CN(Cc1ccco1)C(=O)CC[C@]1(Cc2ccc3ccccc3c2)CCC(=O)N1. The van der Waals surface area contributed by atoms with Gasteiger partial charge in [0.2, 0.25) is 11.8 Å². The minimum Gasteiger partial charge on any atom is -0.467 e. The van der Waals surface area contributed by atoms with Crippen molar-refractivity contribution in [3.05, 3.63) is 72.2 Å². The van der Waals surface area contributed by atoms with Crippen LogP contribution in [0.5, 0.6) is 0 Å². The highest BCUT2D eigenvalue weighted by molar-refractivity contribution is 5.83. The summed E-state index contributed by atoms with van der Waals surface area (Å²) in [5, 5.41) is 5.57. The lowest BCUT2D eigenvalue weighted by molar-refractivity contribution is -0.131. The Morgan fingerprint density at radius 1 is 1.14 bits per heavy atom.